The van der Waals surface area contributed by atoms with Gasteiger partial charge in [0.2, 0.25) is 0 Å². The van der Waals surface area contributed by atoms with Crippen molar-refractivity contribution < 1.29 is 4.57 Å². The average Bonchev–Trinajstić information content (AvgIpc) is 1.68. The van der Waals surface area contributed by atoms with E-state index in [4.69, 9.17) is 0 Å². The lowest BCUT2D eigenvalue weighted by molar-refractivity contribution is 0.387. The van der Waals surface area contributed by atoms with Crippen LogP contribution in [-0.2, 0) is 4.57 Å². The lowest BCUT2D eigenvalue weighted by atomic mass is 10.5. The molecule has 0 aromatic rings. The van der Waals surface area contributed by atoms with Crippen LogP contribution in [0.3, 0.4) is 0 Å². The molecule has 0 aliphatic rings. The third-order valence-corrected chi connectivity index (χ3v) is 1.50. The SMILES string of the molecule is CCCN(C)CP=O. The number of rotatable bonds is 4. The highest BCUT2D eigenvalue weighted by atomic mass is 31.1. The summed E-state index contributed by atoms with van der Waals surface area (Å²) in [5.74, 6) is 0. The summed E-state index contributed by atoms with van der Waals surface area (Å²) in [4.78, 5) is 2.04. The van der Waals surface area contributed by atoms with E-state index in [1.165, 1.54) is 0 Å². The molecule has 0 heterocycles. The Labute approximate surface area is 52.1 Å². The zero-order chi connectivity index (χ0) is 6.41. The maximum absolute atomic E-state index is 9.95. The summed E-state index contributed by atoms with van der Waals surface area (Å²) in [6, 6.07) is 0. The Bertz CT molecular complexity index is 67.4. The standard InChI is InChI=1S/C5H12NOP/c1-3-4-6(2)5-8-7/h3-5H2,1-2H3. The van der Waals surface area contributed by atoms with E-state index in [2.05, 4.69) is 6.92 Å². The third kappa shape index (κ3) is 4.23. The van der Waals surface area contributed by atoms with Crippen molar-refractivity contribution in [2.24, 2.45) is 0 Å². The molecular weight excluding hydrogens is 121 g/mol. The van der Waals surface area contributed by atoms with Crippen molar-refractivity contribution in [2.45, 2.75) is 13.3 Å². The minimum absolute atomic E-state index is 0.225. The first-order chi connectivity index (χ1) is 3.81. The molecule has 0 N–H and O–H groups in total. The predicted molar refractivity (Wildman–Crippen MR) is 35.4 cm³/mol. The van der Waals surface area contributed by atoms with E-state index in [0.29, 0.717) is 6.29 Å². The van der Waals surface area contributed by atoms with Gasteiger partial charge in [-0.3, -0.25) is 9.46 Å². The summed E-state index contributed by atoms with van der Waals surface area (Å²) in [7, 11) is 2.19. The maximum atomic E-state index is 9.95. The number of nitrogens with zero attached hydrogens (tertiary/aromatic N) is 1. The molecule has 8 heavy (non-hydrogen) atoms. The Kier molecular flexibility index (Phi) is 5.24. The van der Waals surface area contributed by atoms with Crippen molar-refractivity contribution in [2.75, 3.05) is 19.9 Å². The Balaban J connectivity index is 3.03. The maximum Gasteiger partial charge on any atom is 0.170 e. The molecule has 0 rings (SSSR count). The molecule has 0 aromatic carbocycles. The van der Waals surface area contributed by atoms with Crippen LogP contribution < -0.4 is 0 Å². The van der Waals surface area contributed by atoms with Gasteiger partial charge in [0.1, 0.15) is 0 Å². The van der Waals surface area contributed by atoms with Crippen molar-refractivity contribution in [3.05, 3.63) is 0 Å². The second-order valence-corrected chi connectivity index (χ2v) is 2.39. The fourth-order valence-electron chi connectivity index (χ4n) is 0.551. The molecule has 0 radical (unpaired) electrons. The van der Waals surface area contributed by atoms with Gasteiger partial charge in [-0.25, -0.2) is 0 Å². The lowest BCUT2D eigenvalue weighted by Gasteiger charge is -2.08. The van der Waals surface area contributed by atoms with Crippen LogP contribution in [0.25, 0.3) is 0 Å². The van der Waals surface area contributed by atoms with Crippen molar-refractivity contribution >= 4 is 8.46 Å². The minimum Gasteiger partial charge on any atom is -0.296 e. The van der Waals surface area contributed by atoms with E-state index < -0.39 is 0 Å². The van der Waals surface area contributed by atoms with Crippen LogP contribution in [0.4, 0.5) is 0 Å². The van der Waals surface area contributed by atoms with E-state index >= 15 is 0 Å². The van der Waals surface area contributed by atoms with Gasteiger partial charge in [-0.05, 0) is 20.0 Å². The molecule has 0 spiro atoms. The van der Waals surface area contributed by atoms with E-state index in [1.54, 1.807) is 0 Å². The molecular formula is C5H12NOP. The molecule has 0 aromatic heterocycles. The third-order valence-electron chi connectivity index (χ3n) is 0.904. The molecule has 0 unspecified atom stereocenters. The summed E-state index contributed by atoms with van der Waals surface area (Å²) >= 11 is 0. The highest BCUT2D eigenvalue weighted by Crippen LogP contribution is 1.95. The van der Waals surface area contributed by atoms with Crippen LogP contribution in [0.1, 0.15) is 13.3 Å². The van der Waals surface area contributed by atoms with Crippen LogP contribution in [0.5, 0.6) is 0 Å². The van der Waals surface area contributed by atoms with E-state index in [1.807, 2.05) is 11.9 Å². The molecule has 0 aliphatic heterocycles. The number of hydrogen-bond acceptors (Lipinski definition) is 2. The van der Waals surface area contributed by atoms with Gasteiger partial charge < -0.3 is 0 Å². The Morgan fingerprint density at radius 3 is 2.62 bits per heavy atom. The molecule has 0 fully saturated rings. The smallest absolute Gasteiger partial charge is 0.170 e. The van der Waals surface area contributed by atoms with Gasteiger partial charge in [-0.1, -0.05) is 6.92 Å². The van der Waals surface area contributed by atoms with Gasteiger partial charge in [-0.15, -0.1) is 0 Å². The first-order valence-corrected chi connectivity index (χ1v) is 3.78. The molecule has 0 aliphatic carbocycles. The average molecular weight is 133 g/mol. The van der Waals surface area contributed by atoms with Crippen LogP contribution in [0, 0.1) is 0 Å². The topological polar surface area (TPSA) is 20.3 Å². The van der Waals surface area contributed by atoms with Crippen molar-refractivity contribution in [3.8, 4) is 0 Å². The van der Waals surface area contributed by atoms with Crippen LogP contribution in [0.15, 0.2) is 0 Å². The van der Waals surface area contributed by atoms with Gasteiger partial charge in [0, 0.05) is 0 Å². The monoisotopic (exact) mass is 133 g/mol. The summed E-state index contributed by atoms with van der Waals surface area (Å²) in [5.41, 5.74) is 0. The second-order valence-electron chi connectivity index (χ2n) is 1.85. The van der Waals surface area contributed by atoms with E-state index in [9.17, 15) is 4.57 Å². The zero-order valence-corrected chi connectivity index (χ0v) is 6.32. The largest absolute Gasteiger partial charge is 0.296 e. The highest BCUT2D eigenvalue weighted by molar-refractivity contribution is 7.23. The summed E-state index contributed by atoms with van der Waals surface area (Å²) in [6.07, 6.45) is 1.79. The van der Waals surface area contributed by atoms with Gasteiger partial charge in [0.15, 0.2) is 8.46 Å². The van der Waals surface area contributed by atoms with Crippen LogP contribution in [-0.4, -0.2) is 24.8 Å². The van der Waals surface area contributed by atoms with E-state index in [0.717, 1.165) is 13.0 Å². The molecule has 0 bridgehead atoms. The molecule has 3 heteroatoms. The van der Waals surface area contributed by atoms with Gasteiger partial charge in [0.05, 0.1) is 6.29 Å². The normalized spacial score (nSPS) is 10.9. The fraction of sp³-hybridized carbons (Fsp3) is 1.00. The highest BCUT2D eigenvalue weighted by Gasteiger charge is 1.91. The first-order valence-electron chi connectivity index (χ1n) is 2.79. The summed E-state index contributed by atoms with van der Waals surface area (Å²) < 4.78 is 9.95. The van der Waals surface area contributed by atoms with Gasteiger partial charge in [-0.2, -0.15) is 0 Å². The second kappa shape index (κ2) is 5.20. The van der Waals surface area contributed by atoms with Crippen molar-refractivity contribution in [1.29, 1.82) is 0 Å². The quantitative estimate of drug-likeness (QED) is 0.542. The van der Waals surface area contributed by atoms with Gasteiger partial charge in [0.25, 0.3) is 0 Å². The zero-order valence-electron chi connectivity index (χ0n) is 5.42. The minimum atomic E-state index is 0.225. The summed E-state index contributed by atoms with van der Waals surface area (Å²) in [6.45, 7) is 3.15. The molecule has 0 saturated heterocycles. The molecule has 48 valence electrons. The first kappa shape index (κ1) is 8.06. The Hall–Kier alpha value is 0.0600. The predicted octanol–water partition coefficient (Wildman–Crippen LogP) is 1.58. The van der Waals surface area contributed by atoms with Crippen molar-refractivity contribution in [3.63, 3.8) is 0 Å². The molecule has 0 amide bonds. The Morgan fingerprint density at radius 1 is 1.62 bits per heavy atom. The summed E-state index contributed by atoms with van der Waals surface area (Å²) in [5, 5.41) is 0. The van der Waals surface area contributed by atoms with Crippen molar-refractivity contribution in [1.82, 2.24) is 4.90 Å². The fourth-order valence-corrected chi connectivity index (χ4v) is 0.890. The van der Waals surface area contributed by atoms with Crippen LogP contribution >= 0.6 is 8.46 Å². The molecule has 2 nitrogen and oxygen atoms in total. The molecule has 0 saturated carbocycles. The van der Waals surface area contributed by atoms with Crippen LogP contribution in [0.2, 0.25) is 0 Å². The Morgan fingerprint density at radius 2 is 2.25 bits per heavy atom. The van der Waals surface area contributed by atoms with Gasteiger partial charge >= 0.3 is 0 Å². The molecule has 0 atom stereocenters. The number of hydrogen-bond donors (Lipinski definition) is 0. The lowest BCUT2D eigenvalue weighted by Crippen LogP contribution is -2.16. The van der Waals surface area contributed by atoms with E-state index in [-0.39, 0.29) is 8.46 Å².